The third-order valence-electron chi connectivity index (χ3n) is 2.22. The molecule has 0 bridgehead atoms. The molecule has 2 rings (SSSR count). The van der Waals surface area contributed by atoms with Crippen LogP contribution in [-0.4, -0.2) is 15.0 Å². The van der Waals surface area contributed by atoms with E-state index >= 15 is 0 Å². The van der Waals surface area contributed by atoms with Crippen LogP contribution in [0.5, 0.6) is 0 Å². The van der Waals surface area contributed by atoms with Gasteiger partial charge in [0.2, 0.25) is 0 Å². The second kappa shape index (κ2) is 5.22. The first-order valence-electron chi connectivity index (χ1n) is 5.22. The maximum atomic E-state index is 5.28. The van der Waals surface area contributed by atoms with Gasteiger partial charge in [0, 0.05) is 24.1 Å². The number of anilines is 2. The van der Waals surface area contributed by atoms with Crippen molar-refractivity contribution in [2.45, 2.75) is 13.5 Å². The van der Waals surface area contributed by atoms with Gasteiger partial charge in [-0.1, -0.05) is 0 Å². The molecule has 0 unspecified atom stereocenters. The van der Waals surface area contributed by atoms with Crippen molar-refractivity contribution < 1.29 is 0 Å². The monoisotopic (exact) mass is 230 g/mol. The van der Waals surface area contributed by atoms with Gasteiger partial charge >= 0.3 is 0 Å². The van der Waals surface area contributed by atoms with Crippen molar-refractivity contribution in [3.63, 3.8) is 0 Å². The smallest absolute Gasteiger partial charge is 0.141 e. The van der Waals surface area contributed by atoms with E-state index in [1.54, 1.807) is 18.6 Å². The van der Waals surface area contributed by atoms with Gasteiger partial charge in [-0.25, -0.2) is 10.8 Å². The molecule has 6 heteroatoms. The minimum Gasteiger partial charge on any atom is -0.379 e. The van der Waals surface area contributed by atoms with E-state index in [0.29, 0.717) is 12.4 Å². The van der Waals surface area contributed by atoms with Crippen molar-refractivity contribution in [2.75, 3.05) is 10.7 Å². The fourth-order valence-electron chi connectivity index (χ4n) is 1.32. The topological polar surface area (TPSA) is 88.8 Å². The van der Waals surface area contributed by atoms with E-state index in [-0.39, 0.29) is 0 Å². The van der Waals surface area contributed by atoms with E-state index in [1.807, 2.05) is 19.1 Å². The van der Waals surface area contributed by atoms with E-state index in [1.165, 1.54) is 0 Å². The highest BCUT2D eigenvalue weighted by molar-refractivity contribution is 5.51. The number of aromatic nitrogens is 3. The molecule has 0 aliphatic carbocycles. The first-order chi connectivity index (χ1) is 8.28. The van der Waals surface area contributed by atoms with Gasteiger partial charge in [-0.15, -0.1) is 0 Å². The standard InChI is InChI=1S/C11H14N6/c1-8-5-15-10(6-14-8)7-16-9-2-3-13-11(4-9)17-12/h2-6H,7,12H2,1H3,(H2,13,16,17). The van der Waals surface area contributed by atoms with Crippen LogP contribution in [0.2, 0.25) is 0 Å². The predicted octanol–water partition coefficient (Wildman–Crippen LogP) is 1.08. The third kappa shape index (κ3) is 3.12. The molecule has 0 aromatic carbocycles. The van der Waals surface area contributed by atoms with Crippen molar-refractivity contribution in [1.82, 2.24) is 15.0 Å². The van der Waals surface area contributed by atoms with Gasteiger partial charge in [0.05, 0.1) is 24.1 Å². The normalized spacial score (nSPS) is 10.0. The largest absolute Gasteiger partial charge is 0.379 e. The molecule has 2 aromatic rings. The molecular formula is C11H14N6. The number of nitrogens with two attached hydrogens (primary N) is 1. The Balaban J connectivity index is 1.99. The molecule has 6 nitrogen and oxygen atoms in total. The summed E-state index contributed by atoms with van der Waals surface area (Å²) in [6.07, 6.45) is 5.18. The van der Waals surface area contributed by atoms with Gasteiger partial charge in [0.25, 0.3) is 0 Å². The zero-order valence-corrected chi connectivity index (χ0v) is 9.51. The number of nitrogens with one attached hydrogen (secondary N) is 2. The zero-order chi connectivity index (χ0) is 12.1. The molecular weight excluding hydrogens is 216 g/mol. The lowest BCUT2D eigenvalue weighted by Crippen LogP contribution is -2.09. The van der Waals surface area contributed by atoms with Crippen LogP contribution in [0.1, 0.15) is 11.4 Å². The second-order valence-electron chi connectivity index (χ2n) is 3.58. The van der Waals surface area contributed by atoms with Crippen molar-refractivity contribution in [1.29, 1.82) is 0 Å². The Labute approximate surface area is 99.3 Å². The zero-order valence-electron chi connectivity index (χ0n) is 9.51. The molecule has 0 aliphatic heterocycles. The quantitative estimate of drug-likeness (QED) is 0.538. The number of aryl methyl sites for hydroxylation is 1. The Morgan fingerprint density at radius 1 is 1.24 bits per heavy atom. The second-order valence-corrected chi connectivity index (χ2v) is 3.58. The van der Waals surface area contributed by atoms with Gasteiger partial charge < -0.3 is 10.7 Å². The lowest BCUT2D eigenvalue weighted by molar-refractivity contribution is 0.984. The molecule has 88 valence electrons. The van der Waals surface area contributed by atoms with E-state index in [4.69, 9.17) is 5.84 Å². The van der Waals surface area contributed by atoms with Crippen LogP contribution in [-0.2, 0) is 6.54 Å². The van der Waals surface area contributed by atoms with Gasteiger partial charge in [-0.2, -0.15) is 0 Å². The average molecular weight is 230 g/mol. The number of nitrogens with zero attached hydrogens (tertiary/aromatic N) is 3. The number of nitrogen functional groups attached to an aromatic ring is 1. The number of rotatable bonds is 4. The van der Waals surface area contributed by atoms with Crippen LogP contribution in [0.4, 0.5) is 11.5 Å². The first kappa shape index (κ1) is 11.3. The summed E-state index contributed by atoms with van der Waals surface area (Å²) >= 11 is 0. The van der Waals surface area contributed by atoms with E-state index in [0.717, 1.165) is 17.1 Å². The molecule has 0 saturated carbocycles. The van der Waals surface area contributed by atoms with Crippen LogP contribution in [0.25, 0.3) is 0 Å². The van der Waals surface area contributed by atoms with Crippen molar-refractivity contribution in [3.05, 3.63) is 42.1 Å². The Kier molecular flexibility index (Phi) is 3.46. The third-order valence-corrected chi connectivity index (χ3v) is 2.22. The van der Waals surface area contributed by atoms with Crippen LogP contribution >= 0.6 is 0 Å². The SMILES string of the molecule is Cc1cnc(CNc2ccnc(NN)c2)cn1. The molecule has 0 atom stereocenters. The minimum absolute atomic E-state index is 0.612. The van der Waals surface area contributed by atoms with Crippen LogP contribution < -0.4 is 16.6 Å². The summed E-state index contributed by atoms with van der Waals surface area (Å²) < 4.78 is 0. The Hall–Kier alpha value is -2.21. The molecule has 2 heterocycles. The van der Waals surface area contributed by atoms with Gasteiger partial charge in [-0.3, -0.25) is 9.97 Å². The minimum atomic E-state index is 0.612. The Morgan fingerprint density at radius 3 is 2.82 bits per heavy atom. The number of hydrogen-bond donors (Lipinski definition) is 3. The molecule has 0 amide bonds. The molecule has 0 saturated heterocycles. The molecule has 0 spiro atoms. The van der Waals surface area contributed by atoms with Crippen molar-refractivity contribution in [2.24, 2.45) is 5.84 Å². The molecule has 0 radical (unpaired) electrons. The maximum absolute atomic E-state index is 5.28. The highest BCUT2D eigenvalue weighted by Gasteiger charge is 1.97. The number of hydrazine groups is 1. The molecule has 4 N–H and O–H groups in total. The number of pyridine rings is 1. The summed E-state index contributed by atoms with van der Waals surface area (Å²) in [6.45, 7) is 2.52. The highest BCUT2D eigenvalue weighted by Crippen LogP contribution is 2.11. The Morgan fingerprint density at radius 2 is 2.12 bits per heavy atom. The summed E-state index contributed by atoms with van der Waals surface area (Å²) in [5.41, 5.74) is 5.21. The van der Waals surface area contributed by atoms with E-state index in [9.17, 15) is 0 Å². The average Bonchev–Trinajstić information content (AvgIpc) is 2.38. The summed E-state index contributed by atoms with van der Waals surface area (Å²) in [5.74, 6) is 5.90. The summed E-state index contributed by atoms with van der Waals surface area (Å²) in [7, 11) is 0. The molecule has 2 aromatic heterocycles. The maximum Gasteiger partial charge on any atom is 0.141 e. The molecule has 0 fully saturated rings. The fourth-order valence-corrected chi connectivity index (χ4v) is 1.32. The Bertz CT molecular complexity index is 482. The van der Waals surface area contributed by atoms with Crippen molar-refractivity contribution in [3.8, 4) is 0 Å². The number of hydrogen-bond acceptors (Lipinski definition) is 6. The van der Waals surface area contributed by atoms with Crippen molar-refractivity contribution >= 4 is 11.5 Å². The van der Waals surface area contributed by atoms with Crippen LogP contribution in [0, 0.1) is 6.92 Å². The molecule has 0 aliphatic rings. The lowest BCUT2D eigenvalue weighted by atomic mass is 10.3. The van der Waals surface area contributed by atoms with Gasteiger partial charge in [0.15, 0.2) is 0 Å². The summed E-state index contributed by atoms with van der Waals surface area (Å²) in [4.78, 5) is 12.5. The molecule has 17 heavy (non-hydrogen) atoms. The van der Waals surface area contributed by atoms with Gasteiger partial charge in [-0.05, 0) is 13.0 Å². The summed E-state index contributed by atoms with van der Waals surface area (Å²) in [6, 6.07) is 3.68. The van der Waals surface area contributed by atoms with Crippen LogP contribution in [0.3, 0.4) is 0 Å². The van der Waals surface area contributed by atoms with Gasteiger partial charge in [0.1, 0.15) is 5.82 Å². The highest BCUT2D eigenvalue weighted by atomic mass is 15.2. The predicted molar refractivity (Wildman–Crippen MR) is 66.1 cm³/mol. The van der Waals surface area contributed by atoms with Crippen LogP contribution in [0.15, 0.2) is 30.7 Å². The lowest BCUT2D eigenvalue weighted by Gasteiger charge is -2.07. The first-order valence-corrected chi connectivity index (χ1v) is 5.22. The summed E-state index contributed by atoms with van der Waals surface area (Å²) in [5, 5.41) is 3.22. The fraction of sp³-hybridized carbons (Fsp3) is 0.182. The van der Waals surface area contributed by atoms with E-state index < -0.39 is 0 Å². The van der Waals surface area contributed by atoms with E-state index in [2.05, 4.69) is 25.7 Å².